The van der Waals surface area contributed by atoms with Gasteiger partial charge in [-0.05, 0) is 40.0 Å². The smallest absolute Gasteiger partial charge is 0.329 e. The van der Waals surface area contributed by atoms with E-state index >= 15 is 0 Å². The van der Waals surface area contributed by atoms with Crippen LogP contribution in [-0.2, 0) is 11.3 Å². The molecule has 1 aromatic heterocycles. The third-order valence-electron chi connectivity index (χ3n) is 4.19. The summed E-state index contributed by atoms with van der Waals surface area (Å²) < 4.78 is 5.04. The Balaban J connectivity index is 2.07. The molecule has 0 aliphatic carbocycles. The predicted octanol–water partition coefficient (Wildman–Crippen LogP) is 1.83. The molecule has 0 bridgehead atoms. The molecule has 116 valence electrons. The van der Waals surface area contributed by atoms with Gasteiger partial charge in [-0.2, -0.15) is 0 Å². The summed E-state index contributed by atoms with van der Waals surface area (Å²) in [6, 6.07) is -0.361. The standard InChI is InChI=1S/C14H21N3O4/c1-9-11(10(2)21-16-9)8-15-13(20)17-7-5-4-6-14(17,3)12(18)19/h4-8H2,1-3H3,(H,15,20)(H,18,19). The Morgan fingerprint density at radius 3 is 2.71 bits per heavy atom. The molecular formula is C14H21N3O4. The maximum Gasteiger partial charge on any atom is 0.329 e. The fraction of sp³-hybridized carbons (Fsp3) is 0.643. The first-order valence-electron chi connectivity index (χ1n) is 7.07. The van der Waals surface area contributed by atoms with Gasteiger partial charge in [-0.3, -0.25) is 0 Å². The normalized spacial score (nSPS) is 22.1. The molecule has 1 atom stereocenters. The average molecular weight is 295 g/mol. The number of carboxylic acid groups (broad SMARTS) is 1. The monoisotopic (exact) mass is 295 g/mol. The SMILES string of the molecule is Cc1noc(C)c1CNC(=O)N1CCCCC1(C)C(=O)O. The molecule has 0 spiro atoms. The molecule has 7 heteroatoms. The van der Waals surface area contributed by atoms with Gasteiger partial charge in [0.15, 0.2) is 0 Å². The zero-order valence-electron chi connectivity index (χ0n) is 12.6. The highest BCUT2D eigenvalue weighted by Crippen LogP contribution is 2.28. The molecule has 2 heterocycles. The lowest BCUT2D eigenvalue weighted by atomic mass is 9.89. The number of carboxylic acids is 1. The molecule has 1 aliphatic heterocycles. The molecule has 1 fully saturated rings. The van der Waals surface area contributed by atoms with Crippen molar-refractivity contribution < 1.29 is 19.2 Å². The van der Waals surface area contributed by atoms with Crippen LogP contribution in [0.1, 0.15) is 43.2 Å². The fourth-order valence-corrected chi connectivity index (χ4v) is 2.68. The molecule has 0 saturated carbocycles. The van der Waals surface area contributed by atoms with Crippen molar-refractivity contribution in [2.45, 2.75) is 52.1 Å². The number of rotatable bonds is 3. The second-order valence-electron chi connectivity index (χ2n) is 5.65. The molecule has 7 nitrogen and oxygen atoms in total. The van der Waals surface area contributed by atoms with Crippen LogP contribution in [0, 0.1) is 13.8 Å². The minimum Gasteiger partial charge on any atom is -0.480 e. The van der Waals surface area contributed by atoms with E-state index in [0.29, 0.717) is 18.7 Å². The quantitative estimate of drug-likeness (QED) is 0.887. The van der Waals surface area contributed by atoms with Gasteiger partial charge < -0.3 is 19.8 Å². The molecule has 1 saturated heterocycles. The largest absolute Gasteiger partial charge is 0.480 e. The Bertz CT molecular complexity index is 535. The van der Waals surface area contributed by atoms with Crippen LogP contribution < -0.4 is 5.32 Å². The number of carbonyl (C=O) groups excluding carboxylic acids is 1. The molecule has 0 radical (unpaired) electrons. The lowest BCUT2D eigenvalue weighted by Gasteiger charge is -2.41. The third-order valence-corrected chi connectivity index (χ3v) is 4.19. The van der Waals surface area contributed by atoms with E-state index in [1.54, 1.807) is 20.8 Å². The van der Waals surface area contributed by atoms with Crippen molar-refractivity contribution in [2.24, 2.45) is 0 Å². The minimum atomic E-state index is -1.14. The van der Waals surface area contributed by atoms with Crippen LogP contribution in [0.4, 0.5) is 4.79 Å². The Labute approximate surface area is 123 Å². The summed E-state index contributed by atoms with van der Waals surface area (Å²) in [5.74, 6) is -0.304. The summed E-state index contributed by atoms with van der Waals surface area (Å²) >= 11 is 0. The topological polar surface area (TPSA) is 95.7 Å². The van der Waals surface area contributed by atoms with E-state index in [2.05, 4.69) is 10.5 Å². The van der Waals surface area contributed by atoms with Crippen molar-refractivity contribution in [3.8, 4) is 0 Å². The van der Waals surface area contributed by atoms with Crippen molar-refractivity contribution in [2.75, 3.05) is 6.54 Å². The van der Waals surface area contributed by atoms with E-state index in [4.69, 9.17) is 4.52 Å². The molecule has 1 unspecified atom stereocenters. The molecule has 2 amide bonds. The Kier molecular flexibility index (Phi) is 4.20. The summed E-state index contributed by atoms with van der Waals surface area (Å²) in [7, 11) is 0. The van der Waals surface area contributed by atoms with Crippen LogP contribution in [0.2, 0.25) is 0 Å². The lowest BCUT2D eigenvalue weighted by molar-refractivity contribution is -0.150. The number of nitrogens with one attached hydrogen (secondary N) is 1. The van der Waals surface area contributed by atoms with Crippen molar-refractivity contribution in [3.63, 3.8) is 0 Å². The van der Waals surface area contributed by atoms with Crippen molar-refractivity contribution >= 4 is 12.0 Å². The summed E-state index contributed by atoms with van der Waals surface area (Å²) in [6.45, 7) is 5.93. The van der Waals surface area contributed by atoms with Crippen molar-refractivity contribution in [1.29, 1.82) is 0 Å². The van der Waals surface area contributed by atoms with Crippen LogP contribution >= 0.6 is 0 Å². The number of amides is 2. The molecule has 2 rings (SSSR count). The highest BCUT2D eigenvalue weighted by atomic mass is 16.5. The Morgan fingerprint density at radius 1 is 1.43 bits per heavy atom. The van der Waals surface area contributed by atoms with Crippen molar-refractivity contribution in [1.82, 2.24) is 15.4 Å². The maximum atomic E-state index is 12.3. The van der Waals surface area contributed by atoms with Gasteiger partial charge in [0.2, 0.25) is 0 Å². The number of aliphatic carboxylic acids is 1. The first-order chi connectivity index (χ1) is 9.86. The number of aromatic nitrogens is 1. The Morgan fingerprint density at radius 2 is 2.14 bits per heavy atom. The molecule has 1 aromatic rings. The summed E-state index contributed by atoms with van der Waals surface area (Å²) in [4.78, 5) is 25.2. The van der Waals surface area contributed by atoms with E-state index < -0.39 is 11.5 Å². The number of aryl methyl sites for hydroxylation is 2. The zero-order chi connectivity index (χ0) is 15.6. The van der Waals surface area contributed by atoms with Gasteiger partial charge >= 0.3 is 12.0 Å². The van der Waals surface area contributed by atoms with Crippen LogP contribution in [-0.4, -0.2) is 39.2 Å². The number of nitrogens with zero attached hydrogens (tertiary/aromatic N) is 2. The molecular weight excluding hydrogens is 274 g/mol. The second kappa shape index (κ2) is 5.75. The van der Waals surface area contributed by atoms with Gasteiger partial charge in [0, 0.05) is 18.7 Å². The maximum absolute atomic E-state index is 12.3. The fourth-order valence-electron chi connectivity index (χ4n) is 2.68. The van der Waals surface area contributed by atoms with E-state index in [-0.39, 0.29) is 12.6 Å². The average Bonchev–Trinajstić information content (AvgIpc) is 2.76. The first kappa shape index (κ1) is 15.3. The highest BCUT2D eigenvalue weighted by molar-refractivity contribution is 5.86. The molecule has 0 aromatic carbocycles. The second-order valence-corrected chi connectivity index (χ2v) is 5.65. The molecule has 2 N–H and O–H groups in total. The van der Waals surface area contributed by atoms with Crippen LogP contribution in [0.5, 0.6) is 0 Å². The first-order valence-corrected chi connectivity index (χ1v) is 7.07. The zero-order valence-corrected chi connectivity index (χ0v) is 12.6. The van der Waals surface area contributed by atoms with Gasteiger partial charge in [0.1, 0.15) is 11.3 Å². The van der Waals surface area contributed by atoms with E-state index in [1.807, 2.05) is 0 Å². The minimum absolute atomic E-state index is 0.284. The van der Waals surface area contributed by atoms with Crippen LogP contribution in [0.25, 0.3) is 0 Å². The number of hydrogen-bond acceptors (Lipinski definition) is 4. The number of likely N-dealkylation sites (tertiary alicyclic amines) is 1. The predicted molar refractivity (Wildman–Crippen MR) is 74.8 cm³/mol. The van der Waals surface area contributed by atoms with E-state index in [9.17, 15) is 14.7 Å². The van der Waals surface area contributed by atoms with Gasteiger partial charge in [0.05, 0.1) is 5.69 Å². The van der Waals surface area contributed by atoms with Crippen LogP contribution in [0.15, 0.2) is 4.52 Å². The van der Waals surface area contributed by atoms with Crippen molar-refractivity contribution in [3.05, 3.63) is 17.0 Å². The number of carbonyl (C=O) groups is 2. The number of hydrogen-bond donors (Lipinski definition) is 2. The van der Waals surface area contributed by atoms with E-state index in [1.165, 1.54) is 4.90 Å². The van der Waals surface area contributed by atoms with Gasteiger partial charge in [-0.1, -0.05) is 5.16 Å². The lowest BCUT2D eigenvalue weighted by Crippen LogP contribution is -2.59. The van der Waals surface area contributed by atoms with Gasteiger partial charge in [-0.15, -0.1) is 0 Å². The van der Waals surface area contributed by atoms with Gasteiger partial charge in [-0.25, -0.2) is 9.59 Å². The molecule has 1 aliphatic rings. The summed E-state index contributed by atoms with van der Waals surface area (Å²) in [5, 5.41) is 16.0. The van der Waals surface area contributed by atoms with E-state index in [0.717, 1.165) is 24.1 Å². The summed E-state index contributed by atoms with van der Waals surface area (Å²) in [6.07, 6.45) is 2.11. The number of piperidine rings is 1. The number of urea groups is 1. The molecule has 21 heavy (non-hydrogen) atoms. The van der Waals surface area contributed by atoms with Crippen LogP contribution in [0.3, 0.4) is 0 Å². The highest BCUT2D eigenvalue weighted by Gasteiger charge is 2.43. The third kappa shape index (κ3) is 2.86. The Hall–Kier alpha value is -2.05. The summed E-state index contributed by atoms with van der Waals surface area (Å²) in [5.41, 5.74) is 0.422. The van der Waals surface area contributed by atoms with Gasteiger partial charge in [0.25, 0.3) is 0 Å².